The average Bonchev–Trinajstić information content (AvgIpc) is 3.02. The fraction of sp³-hybridized carbons (Fsp3) is 0.318. The van der Waals surface area contributed by atoms with Crippen molar-refractivity contribution in [2.45, 2.75) is 6.92 Å². The summed E-state index contributed by atoms with van der Waals surface area (Å²) in [6.07, 6.45) is 0. The van der Waals surface area contributed by atoms with Crippen molar-refractivity contribution in [1.29, 1.82) is 0 Å². The summed E-state index contributed by atoms with van der Waals surface area (Å²) in [6, 6.07) is 13.6. The van der Waals surface area contributed by atoms with Crippen LogP contribution < -0.4 is 14.4 Å². The molecule has 1 saturated heterocycles. The van der Waals surface area contributed by atoms with E-state index in [0.29, 0.717) is 27.7 Å². The van der Waals surface area contributed by atoms with Crippen LogP contribution in [-0.4, -0.2) is 54.8 Å². The molecule has 158 valence electrons. The Morgan fingerprint density at radius 3 is 2.10 bits per heavy atom. The first-order chi connectivity index (χ1) is 14.5. The number of aromatic nitrogens is 2. The van der Waals surface area contributed by atoms with Gasteiger partial charge in [0.25, 0.3) is 0 Å². The van der Waals surface area contributed by atoms with E-state index >= 15 is 0 Å². The fourth-order valence-electron chi connectivity index (χ4n) is 3.73. The number of rotatable bonds is 5. The molecule has 0 unspecified atom stereocenters. The SMILES string of the molecule is COc1ccc(-n2c(O)c(C)n(-c3ccc(N4CCOCC4)cc3)c2=S)cc1OC. The van der Waals surface area contributed by atoms with Crippen LogP contribution in [0, 0.1) is 11.7 Å². The number of hydrogen-bond acceptors (Lipinski definition) is 6. The Kier molecular flexibility index (Phi) is 5.69. The van der Waals surface area contributed by atoms with Crippen LogP contribution in [0.15, 0.2) is 42.5 Å². The molecule has 0 spiro atoms. The van der Waals surface area contributed by atoms with Gasteiger partial charge in [-0.15, -0.1) is 0 Å². The molecule has 0 amide bonds. The van der Waals surface area contributed by atoms with Gasteiger partial charge in [-0.2, -0.15) is 0 Å². The maximum Gasteiger partial charge on any atom is 0.218 e. The maximum atomic E-state index is 10.8. The summed E-state index contributed by atoms with van der Waals surface area (Å²) >= 11 is 5.73. The molecule has 0 radical (unpaired) electrons. The van der Waals surface area contributed by atoms with Crippen LogP contribution in [0.25, 0.3) is 11.4 Å². The van der Waals surface area contributed by atoms with Crippen molar-refractivity contribution in [3.63, 3.8) is 0 Å². The van der Waals surface area contributed by atoms with Gasteiger partial charge in [-0.1, -0.05) is 0 Å². The third-order valence-electron chi connectivity index (χ3n) is 5.36. The van der Waals surface area contributed by atoms with E-state index in [-0.39, 0.29) is 5.88 Å². The molecule has 1 fully saturated rings. The van der Waals surface area contributed by atoms with Crippen LogP contribution in [0.5, 0.6) is 17.4 Å². The Morgan fingerprint density at radius 1 is 0.867 bits per heavy atom. The lowest BCUT2D eigenvalue weighted by Crippen LogP contribution is -2.36. The topological polar surface area (TPSA) is 61.0 Å². The lowest BCUT2D eigenvalue weighted by atomic mass is 10.2. The van der Waals surface area contributed by atoms with Crippen LogP contribution in [0.1, 0.15) is 5.69 Å². The van der Waals surface area contributed by atoms with Gasteiger partial charge in [0, 0.05) is 30.5 Å². The first-order valence-corrected chi connectivity index (χ1v) is 10.1. The van der Waals surface area contributed by atoms with Gasteiger partial charge >= 0.3 is 0 Å². The van der Waals surface area contributed by atoms with Gasteiger partial charge in [0.1, 0.15) is 0 Å². The predicted molar refractivity (Wildman–Crippen MR) is 118 cm³/mol. The maximum absolute atomic E-state index is 10.8. The van der Waals surface area contributed by atoms with Crippen molar-refractivity contribution in [3.8, 4) is 28.8 Å². The minimum Gasteiger partial charge on any atom is -0.493 e. The molecule has 1 aliphatic rings. The molecular weight excluding hydrogens is 402 g/mol. The third kappa shape index (κ3) is 3.53. The highest BCUT2D eigenvalue weighted by Gasteiger charge is 2.18. The van der Waals surface area contributed by atoms with Crippen LogP contribution >= 0.6 is 12.2 Å². The Labute approximate surface area is 180 Å². The van der Waals surface area contributed by atoms with E-state index in [4.69, 9.17) is 26.4 Å². The van der Waals surface area contributed by atoms with E-state index in [1.165, 1.54) is 0 Å². The smallest absolute Gasteiger partial charge is 0.218 e. The summed E-state index contributed by atoms with van der Waals surface area (Å²) in [5.41, 5.74) is 3.40. The lowest BCUT2D eigenvalue weighted by molar-refractivity contribution is 0.122. The molecule has 3 aromatic rings. The largest absolute Gasteiger partial charge is 0.493 e. The van der Waals surface area contributed by atoms with Gasteiger partial charge in [-0.25, -0.2) is 0 Å². The lowest BCUT2D eigenvalue weighted by Gasteiger charge is -2.29. The number of hydrogen-bond donors (Lipinski definition) is 1. The zero-order chi connectivity index (χ0) is 21.3. The Morgan fingerprint density at radius 2 is 1.47 bits per heavy atom. The second-order valence-corrected chi connectivity index (χ2v) is 7.38. The van der Waals surface area contributed by atoms with E-state index in [1.807, 2.05) is 29.7 Å². The zero-order valence-corrected chi connectivity index (χ0v) is 18.1. The molecule has 7 nitrogen and oxygen atoms in total. The number of benzene rings is 2. The molecule has 4 rings (SSSR count). The summed E-state index contributed by atoms with van der Waals surface area (Å²) in [5, 5.41) is 10.8. The van der Waals surface area contributed by atoms with E-state index in [2.05, 4.69) is 17.0 Å². The normalized spacial score (nSPS) is 14.0. The van der Waals surface area contributed by atoms with Crippen LogP contribution in [0.2, 0.25) is 0 Å². The minimum atomic E-state index is 0.0875. The molecule has 8 heteroatoms. The monoisotopic (exact) mass is 427 g/mol. The molecule has 1 N–H and O–H groups in total. The zero-order valence-electron chi connectivity index (χ0n) is 17.3. The van der Waals surface area contributed by atoms with Crippen molar-refractivity contribution in [1.82, 2.24) is 9.13 Å². The molecule has 1 aliphatic heterocycles. The van der Waals surface area contributed by atoms with E-state index < -0.39 is 0 Å². The highest BCUT2D eigenvalue weighted by atomic mass is 32.1. The molecule has 1 aromatic heterocycles. The molecule has 0 bridgehead atoms. The average molecular weight is 428 g/mol. The molecular formula is C22H25N3O4S. The highest BCUT2D eigenvalue weighted by Crippen LogP contribution is 2.33. The van der Waals surface area contributed by atoms with Gasteiger partial charge < -0.3 is 24.2 Å². The van der Waals surface area contributed by atoms with Crippen molar-refractivity contribution in [2.75, 3.05) is 45.4 Å². The Bertz CT molecular complexity index is 1100. The number of ether oxygens (including phenoxy) is 3. The van der Waals surface area contributed by atoms with E-state index in [0.717, 1.165) is 37.7 Å². The summed E-state index contributed by atoms with van der Waals surface area (Å²) in [5.74, 6) is 1.27. The molecule has 0 aliphatic carbocycles. The van der Waals surface area contributed by atoms with E-state index in [1.54, 1.807) is 30.9 Å². The summed E-state index contributed by atoms with van der Waals surface area (Å²) < 4.78 is 20.1. The number of methoxy groups -OCH3 is 2. The molecule has 2 aromatic carbocycles. The van der Waals surface area contributed by atoms with Gasteiger partial charge in [0.2, 0.25) is 5.88 Å². The summed E-state index contributed by atoms with van der Waals surface area (Å²) in [6.45, 7) is 5.10. The van der Waals surface area contributed by atoms with Crippen LogP contribution in [-0.2, 0) is 4.74 Å². The summed E-state index contributed by atoms with van der Waals surface area (Å²) in [7, 11) is 3.16. The van der Waals surface area contributed by atoms with Crippen LogP contribution in [0.3, 0.4) is 0 Å². The number of nitrogens with zero attached hydrogens (tertiary/aromatic N) is 3. The summed E-state index contributed by atoms with van der Waals surface area (Å²) in [4.78, 5) is 2.30. The first kappa shape index (κ1) is 20.3. The molecule has 2 heterocycles. The van der Waals surface area contributed by atoms with Crippen molar-refractivity contribution in [3.05, 3.63) is 52.9 Å². The quantitative estimate of drug-likeness (QED) is 0.624. The second kappa shape index (κ2) is 8.41. The molecule has 0 atom stereocenters. The van der Waals surface area contributed by atoms with Gasteiger partial charge in [0.15, 0.2) is 16.3 Å². The Balaban J connectivity index is 1.74. The third-order valence-corrected chi connectivity index (χ3v) is 5.73. The standard InChI is InChI=1S/C22H25N3O4S/c1-15-21(26)25(18-8-9-19(27-2)20(14-18)28-3)22(30)24(15)17-6-4-16(5-7-17)23-10-12-29-13-11-23/h4-9,14,26H,10-13H2,1-3H3. The first-order valence-electron chi connectivity index (χ1n) is 9.74. The predicted octanol–water partition coefficient (Wildman–Crippen LogP) is 3.87. The van der Waals surface area contributed by atoms with E-state index in [9.17, 15) is 5.11 Å². The molecule has 0 saturated carbocycles. The highest BCUT2D eigenvalue weighted by molar-refractivity contribution is 7.71. The fourth-order valence-corrected chi connectivity index (χ4v) is 4.16. The molecule has 30 heavy (non-hydrogen) atoms. The number of imidazole rings is 1. The number of aromatic hydroxyl groups is 1. The minimum absolute atomic E-state index is 0.0875. The Hall–Kier alpha value is -2.97. The number of anilines is 1. The van der Waals surface area contributed by atoms with Gasteiger partial charge in [-0.3, -0.25) is 9.13 Å². The van der Waals surface area contributed by atoms with Crippen LogP contribution in [0.4, 0.5) is 5.69 Å². The second-order valence-electron chi connectivity index (χ2n) is 7.02. The van der Waals surface area contributed by atoms with Crippen molar-refractivity contribution < 1.29 is 19.3 Å². The van der Waals surface area contributed by atoms with Gasteiger partial charge in [0.05, 0.1) is 38.8 Å². The van der Waals surface area contributed by atoms with Crippen molar-refractivity contribution >= 4 is 17.9 Å². The van der Waals surface area contributed by atoms with Crippen molar-refractivity contribution in [2.24, 2.45) is 0 Å². The van der Waals surface area contributed by atoms with Gasteiger partial charge in [-0.05, 0) is 55.5 Å². The number of morpholine rings is 1.